The second kappa shape index (κ2) is 11.6. The Morgan fingerprint density at radius 3 is 2.29 bits per heavy atom. The number of esters is 2. The number of hydrogen-bond acceptors (Lipinski definition) is 7. The van der Waals surface area contributed by atoms with Crippen LogP contribution >= 0.6 is 0 Å². The molecule has 3 rings (SSSR count). The van der Waals surface area contributed by atoms with Crippen LogP contribution in [0.15, 0.2) is 53.4 Å². The van der Waals surface area contributed by atoms with Crippen molar-refractivity contribution in [2.24, 2.45) is 17.8 Å². The lowest BCUT2D eigenvalue weighted by molar-refractivity contribution is -0.159. The van der Waals surface area contributed by atoms with Crippen LogP contribution in [0, 0.1) is 17.8 Å². The van der Waals surface area contributed by atoms with Crippen LogP contribution in [0.5, 0.6) is 5.75 Å². The average Bonchev–Trinajstić information content (AvgIpc) is 2.82. The van der Waals surface area contributed by atoms with Gasteiger partial charge in [0.25, 0.3) is 10.0 Å². The molecule has 0 amide bonds. The Morgan fingerprint density at radius 2 is 1.69 bits per heavy atom. The van der Waals surface area contributed by atoms with Gasteiger partial charge < -0.3 is 14.2 Å². The molecule has 1 aliphatic carbocycles. The Morgan fingerprint density at radius 1 is 1.03 bits per heavy atom. The molecule has 1 saturated carbocycles. The highest BCUT2D eigenvalue weighted by Crippen LogP contribution is 2.35. The average molecular weight is 504 g/mol. The summed E-state index contributed by atoms with van der Waals surface area (Å²) in [6.45, 7) is 5.90. The lowest BCUT2D eigenvalue weighted by atomic mass is 9.75. The number of ether oxygens (including phenoxy) is 3. The highest BCUT2D eigenvalue weighted by molar-refractivity contribution is 7.92. The summed E-state index contributed by atoms with van der Waals surface area (Å²) in [6, 6.07) is 11.7. The minimum Gasteiger partial charge on any atom is -0.497 e. The van der Waals surface area contributed by atoms with Gasteiger partial charge in [0.05, 0.1) is 17.6 Å². The molecule has 0 aromatic heterocycles. The smallest absolute Gasteiger partial charge is 0.344 e. The fourth-order valence-corrected chi connectivity index (χ4v) is 5.36. The Bertz CT molecular complexity index is 1110. The minimum atomic E-state index is -3.85. The number of nitrogens with one attached hydrogen (secondary N) is 1. The van der Waals surface area contributed by atoms with Gasteiger partial charge in [-0.2, -0.15) is 0 Å². The number of carbonyl (C=O) groups excluding carboxylic acids is 2. The molecule has 8 nitrogen and oxygen atoms in total. The van der Waals surface area contributed by atoms with Crippen LogP contribution < -0.4 is 9.46 Å². The van der Waals surface area contributed by atoms with E-state index >= 15 is 0 Å². The van der Waals surface area contributed by atoms with E-state index in [2.05, 4.69) is 25.5 Å². The van der Waals surface area contributed by atoms with Gasteiger partial charge in [0.2, 0.25) is 0 Å². The summed E-state index contributed by atoms with van der Waals surface area (Å²) in [5, 5.41) is 0. The summed E-state index contributed by atoms with van der Waals surface area (Å²) in [5.41, 5.74) is 0.507. The summed E-state index contributed by atoms with van der Waals surface area (Å²) in [7, 11) is -2.33. The summed E-state index contributed by atoms with van der Waals surface area (Å²) in [5.74, 6) is 0.480. The maximum absolute atomic E-state index is 12.6. The third-order valence-electron chi connectivity index (χ3n) is 6.31. The largest absolute Gasteiger partial charge is 0.497 e. The Labute approximate surface area is 207 Å². The van der Waals surface area contributed by atoms with Crippen molar-refractivity contribution in [2.75, 3.05) is 18.4 Å². The SMILES string of the molecule is COc1ccc(NS(=O)(=O)c2ccc(C(=O)OCC(=O)OC3CC(C)CCC3C(C)C)cc2)cc1. The van der Waals surface area contributed by atoms with Gasteiger partial charge in [-0.1, -0.05) is 27.2 Å². The van der Waals surface area contributed by atoms with Gasteiger partial charge in [0, 0.05) is 5.69 Å². The van der Waals surface area contributed by atoms with Crippen LogP contribution in [0.3, 0.4) is 0 Å². The normalized spacial score (nSPS) is 20.2. The molecule has 0 bridgehead atoms. The summed E-state index contributed by atoms with van der Waals surface area (Å²) < 4.78 is 43.5. The van der Waals surface area contributed by atoms with Crippen molar-refractivity contribution in [1.29, 1.82) is 0 Å². The second-order valence-corrected chi connectivity index (χ2v) is 11.0. The van der Waals surface area contributed by atoms with Crippen LogP contribution in [0.25, 0.3) is 0 Å². The van der Waals surface area contributed by atoms with Crippen LogP contribution in [0.2, 0.25) is 0 Å². The van der Waals surface area contributed by atoms with E-state index in [0.717, 1.165) is 19.3 Å². The van der Waals surface area contributed by atoms with E-state index in [0.29, 0.717) is 29.2 Å². The molecule has 3 unspecified atom stereocenters. The zero-order valence-electron chi connectivity index (χ0n) is 20.5. The van der Waals surface area contributed by atoms with Crippen molar-refractivity contribution in [3.8, 4) is 5.75 Å². The molecule has 1 N–H and O–H groups in total. The van der Waals surface area contributed by atoms with Gasteiger partial charge in [-0.15, -0.1) is 0 Å². The predicted molar refractivity (Wildman–Crippen MR) is 132 cm³/mol. The molecule has 0 spiro atoms. The lowest BCUT2D eigenvalue weighted by Gasteiger charge is -2.36. The molecule has 9 heteroatoms. The molecule has 2 aromatic carbocycles. The number of benzene rings is 2. The van der Waals surface area contributed by atoms with Crippen LogP contribution in [0.4, 0.5) is 5.69 Å². The highest BCUT2D eigenvalue weighted by Gasteiger charge is 2.33. The molecule has 2 aromatic rings. The number of methoxy groups -OCH3 is 1. The molecule has 0 heterocycles. The van der Waals surface area contributed by atoms with Gasteiger partial charge >= 0.3 is 11.9 Å². The zero-order chi connectivity index (χ0) is 25.6. The van der Waals surface area contributed by atoms with Crippen LogP contribution in [-0.2, 0) is 24.3 Å². The van der Waals surface area contributed by atoms with E-state index in [9.17, 15) is 18.0 Å². The number of carbonyl (C=O) groups is 2. The van der Waals surface area contributed by atoms with E-state index in [1.165, 1.54) is 31.4 Å². The molecule has 35 heavy (non-hydrogen) atoms. The first-order chi connectivity index (χ1) is 16.6. The zero-order valence-corrected chi connectivity index (χ0v) is 21.3. The fraction of sp³-hybridized carbons (Fsp3) is 0.462. The van der Waals surface area contributed by atoms with E-state index in [-0.39, 0.29) is 16.6 Å². The topological polar surface area (TPSA) is 108 Å². The minimum absolute atomic E-state index is 0.0181. The first-order valence-corrected chi connectivity index (χ1v) is 13.2. The molecule has 1 fully saturated rings. The van der Waals surface area contributed by atoms with Crippen LogP contribution in [0.1, 0.15) is 50.4 Å². The third kappa shape index (κ3) is 7.21. The number of hydrogen-bond donors (Lipinski definition) is 1. The van der Waals surface area contributed by atoms with E-state index in [1.807, 2.05) is 0 Å². The fourth-order valence-electron chi connectivity index (χ4n) is 4.30. The lowest BCUT2D eigenvalue weighted by Crippen LogP contribution is -2.36. The monoisotopic (exact) mass is 503 g/mol. The van der Waals surface area contributed by atoms with Gasteiger partial charge in [0.15, 0.2) is 6.61 Å². The standard InChI is InChI=1S/C26H33NO7S/c1-17(2)23-14-5-18(3)15-24(23)34-25(28)16-33-26(29)19-6-12-22(13-7-19)35(30,31)27-20-8-10-21(32-4)11-9-20/h6-13,17-18,23-24,27H,5,14-16H2,1-4H3. The molecule has 0 aliphatic heterocycles. The van der Waals surface area contributed by atoms with Crippen molar-refractivity contribution in [1.82, 2.24) is 0 Å². The van der Waals surface area contributed by atoms with E-state index < -0.39 is 28.6 Å². The van der Waals surface area contributed by atoms with Gasteiger partial charge in [-0.25, -0.2) is 18.0 Å². The quantitative estimate of drug-likeness (QED) is 0.496. The van der Waals surface area contributed by atoms with Crippen molar-refractivity contribution in [3.63, 3.8) is 0 Å². The maximum atomic E-state index is 12.6. The molecule has 0 radical (unpaired) electrons. The van der Waals surface area contributed by atoms with Gasteiger partial charge in [-0.05, 0) is 79.1 Å². The number of sulfonamides is 1. The van der Waals surface area contributed by atoms with Crippen molar-refractivity contribution in [2.45, 2.75) is 51.0 Å². The van der Waals surface area contributed by atoms with E-state index in [1.54, 1.807) is 24.3 Å². The predicted octanol–water partition coefficient (Wildman–Crippen LogP) is 4.66. The second-order valence-electron chi connectivity index (χ2n) is 9.29. The van der Waals surface area contributed by atoms with Crippen LogP contribution in [-0.4, -0.2) is 40.2 Å². The first-order valence-electron chi connectivity index (χ1n) is 11.7. The molecular formula is C26H33NO7S. The maximum Gasteiger partial charge on any atom is 0.344 e. The number of rotatable bonds is 9. The Kier molecular flexibility index (Phi) is 8.77. The van der Waals surface area contributed by atoms with Gasteiger partial charge in [-0.3, -0.25) is 4.72 Å². The Hall–Kier alpha value is -3.07. The Balaban J connectivity index is 1.55. The van der Waals surface area contributed by atoms with Crippen molar-refractivity contribution in [3.05, 3.63) is 54.1 Å². The molecule has 190 valence electrons. The molecule has 3 atom stereocenters. The third-order valence-corrected chi connectivity index (χ3v) is 7.71. The molecule has 0 saturated heterocycles. The summed E-state index contributed by atoms with van der Waals surface area (Å²) in [4.78, 5) is 24.7. The molecular weight excluding hydrogens is 470 g/mol. The summed E-state index contributed by atoms with van der Waals surface area (Å²) >= 11 is 0. The van der Waals surface area contributed by atoms with Crippen molar-refractivity contribution >= 4 is 27.6 Å². The number of anilines is 1. The first kappa shape index (κ1) is 26.5. The van der Waals surface area contributed by atoms with Gasteiger partial charge in [0.1, 0.15) is 11.9 Å². The summed E-state index contributed by atoms with van der Waals surface area (Å²) in [6.07, 6.45) is 2.77. The van der Waals surface area contributed by atoms with E-state index in [4.69, 9.17) is 14.2 Å². The molecule has 1 aliphatic rings. The highest BCUT2D eigenvalue weighted by atomic mass is 32.2. The van der Waals surface area contributed by atoms with Crippen molar-refractivity contribution < 1.29 is 32.2 Å².